The molecule has 45 heavy (non-hydrogen) atoms. The number of nitrogens with zero attached hydrogens (tertiary/aromatic N) is 3. The van der Waals surface area contributed by atoms with Crippen LogP contribution in [-0.2, 0) is 0 Å². The van der Waals surface area contributed by atoms with Crippen molar-refractivity contribution in [1.82, 2.24) is 15.0 Å². The third kappa shape index (κ3) is 4.24. The molecule has 3 aromatic heterocycles. The van der Waals surface area contributed by atoms with Crippen LogP contribution in [0.3, 0.4) is 0 Å². The van der Waals surface area contributed by atoms with Crippen LogP contribution >= 0.6 is 11.3 Å². The number of aryl methyl sites for hydroxylation is 1. The van der Waals surface area contributed by atoms with E-state index in [4.69, 9.17) is 19.4 Å². The minimum atomic E-state index is 0.610. The van der Waals surface area contributed by atoms with Crippen molar-refractivity contribution in [1.29, 1.82) is 0 Å². The second-order valence-electron chi connectivity index (χ2n) is 11.3. The molecule has 0 bridgehead atoms. The zero-order chi connectivity index (χ0) is 29.9. The molecule has 0 fully saturated rings. The van der Waals surface area contributed by atoms with E-state index in [1.807, 2.05) is 42.5 Å². The van der Waals surface area contributed by atoms with Gasteiger partial charge in [0.1, 0.15) is 11.2 Å². The number of aromatic nitrogens is 3. The highest BCUT2D eigenvalue weighted by molar-refractivity contribution is 7.26. The molecule has 9 rings (SSSR count). The monoisotopic (exact) mass is 595 g/mol. The van der Waals surface area contributed by atoms with E-state index in [-0.39, 0.29) is 0 Å². The summed E-state index contributed by atoms with van der Waals surface area (Å²) in [5.74, 6) is 1.91. The molecule has 6 aromatic carbocycles. The van der Waals surface area contributed by atoms with Crippen LogP contribution in [0.2, 0.25) is 0 Å². The van der Waals surface area contributed by atoms with Gasteiger partial charge >= 0.3 is 0 Å². The lowest BCUT2D eigenvalue weighted by atomic mass is 9.99. The number of fused-ring (bicyclic) bond motifs is 6. The van der Waals surface area contributed by atoms with E-state index in [0.717, 1.165) is 49.8 Å². The molecule has 212 valence electrons. The SMILES string of the molecule is Cc1cccc2c1sc1c(-c3nc(-c4ccccc4)nc(-c4ccc5c(c4)oc4cccc(-c6ccccc6)c45)n3)cccc12. The first kappa shape index (κ1) is 25.8. The van der Waals surface area contributed by atoms with Gasteiger partial charge in [0.05, 0.1) is 0 Å². The average molecular weight is 596 g/mol. The Bertz CT molecular complexity index is 2550. The Morgan fingerprint density at radius 2 is 1.11 bits per heavy atom. The summed E-state index contributed by atoms with van der Waals surface area (Å²) in [7, 11) is 0. The van der Waals surface area contributed by atoms with Gasteiger partial charge in [-0.2, -0.15) is 0 Å². The highest BCUT2D eigenvalue weighted by Gasteiger charge is 2.18. The largest absolute Gasteiger partial charge is 0.456 e. The number of rotatable bonds is 4. The summed E-state index contributed by atoms with van der Waals surface area (Å²) in [4.78, 5) is 15.2. The molecule has 0 radical (unpaired) electrons. The van der Waals surface area contributed by atoms with E-state index in [1.165, 1.54) is 25.7 Å². The van der Waals surface area contributed by atoms with Gasteiger partial charge in [-0.25, -0.2) is 15.0 Å². The van der Waals surface area contributed by atoms with Crippen LogP contribution in [0.25, 0.3) is 87.4 Å². The molecule has 0 saturated carbocycles. The maximum Gasteiger partial charge on any atom is 0.165 e. The fraction of sp³-hybridized carbons (Fsp3) is 0.0250. The molecule has 0 unspecified atom stereocenters. The van der Waals surface area contributed by atoms with Crippen molar-refractivity contribution < 1.29 is 4.42 Å². The first-order valence-electron chi connectivity index (χ1n) is 14.9. The van der Waals surface area contributed by atoms with Crippen molar-refractivity contribution >= 4 is 53.4 Å². The summed E-state index contributed by atoms with van der Waals surface area (Å²) in [6.45, 7) is 2.17. The molecule has 0 amide bonds. The number of hydrogen-bond acceptors (Lipinski definition) is 5. The highest BCUT2D eigenvalue weighted by Crippen LogP contribution is 2.41. The maximum atomic E-state index is 6.44. The van der Waals surface area contributed by atoms with Gasteiger partial charge in [0, 0.05) is 47.6 Å². The van der Waals surface area contributed by atoms with E-state index >= 15 is 0 Å². The summed E-state index contributed by atoms with van der Waals surface area (Å²) in [5, 5.41) is 4.66. The first-order valence-corrected chi connectivity index (χ1v) is 15.8. The molecular formula is C40H25N3OS. The van der Waals surface area contributed by atoms with Gasteiger partial charge in [0.15, 0.2) is 17.5 Å². The number of thiophene rings is 1. The Hall–Kier alpha value is -5.65. The summed E-state index contributed by atoms with van der Waals surface area (Å²) in [6.07, 6.45) is 0. The molecule has 0 aliphatic heterocycles. The van der Waals surface area contributed by atoms with Crippen LogP contribution in [0.15, 0.2) is 138 Å². The number of hydrogen-bond donors (Lipinski definition) is 0. The predicted molar refractivity (Wildman–Crippen MR) is 186 cm³/mol. The van der Waals surface area contributed by atoms with Crippen molar-refractivity contribution in [2.24, 2.45) is 0 Å². The second kappa shape index (κ2) is 10.2. The third-order valence-corrected chi connectivity index (χ3v) is 9.86. The van der Waals surface area contributed by atoms with Crippen LogP contribution in [0, 0.1) is 6.92 Å². The maximum absolute atomic E-state index is 6.44. The Morgan fingerprint density at radius 3 is 1.91 bits per heavy atom. The van der Waals surface area contributed by atoms with Crippen molar-refractivity contribution in [2.45, 2.75) is 6.92 Å². The molecule has 9 aromatic rings. The zero-order valence-electron chi connectivity index (χ0n) is 24.4. The van der Waals surface area contributed by atoms with E-state index < -0.39 is 0 Å². The molecule has 0 saturated heterocycles. The van der Waals surface area contributed by atoms with Gasteiger partial charge in [-0.15, -0.1) is 11.3 Å². The highest BCUT2D eigenvalue weighted by atomic mass is 32.1. The molecule has 0 aliphatic carbocycles. The van der Waals surface area contributed by atoms with Gasteiger partial charge in [-0.05, 0) is 47.9 Å². The Balaban J connectivity index is 1.26. The molecule has 5 heteroatoms. The van der Waals surface area contributed by atoms with Gasteiger partial charge < -0.3 is 4.42 Å². The van der Waals surface area contributed by atoms with E-state index in [9.17, 15) is 0 Å². The average Bonchev–Trinajstić information content (AvgIpc) is 3.68. The van der Waals surface area contributed by atoms with E-state index in [2.05, 4.69) is 97.9 Å². The van der Waals surface area contributed by atoms with Crippen LogP contribution in [0.5, 0.6) is 0 Å². The molecule has 0 spiro atoms. The molecule has 0 atom stereocenters. The summed E-state index contributed by atoms with van der Waals surface area (Å²) < 4.78 is 8.91. The topological polar surface area (TPSA) is 51.8 Å². The predicted octanol–water partition coefficient (Wildman–Crippen LogP) is 11.1. The normalized spacial score (nSPS) is 11.7. The van der Waals surface area contributed by atoms with Gasteiger partial charge in [-0.1, -0.05) is 109 Å². The van der Waals surface area contributed by atoms with E-state index in [0.29, 0.717) is 17.5 Å². The van der Waals surface area contributed by atoms with Crippen molar-refractivity contribution in [3.8, 4) is 45.3 Å². The molecule has 3 heterocycles. The fourth-order valence-corrected chi connectivity index (χ4v) is 7.58. The quantitative estimate of drug-likeness (QED) is 0.203. The summed E-state index contributed by atoms with van der Waals surface area (Å²) in [5.41, 5.74) is 8.08. The van der Waals surface area contributed by atoms with E-state index in [1.54, 1.807) is 11.3 Å². The van der Waals surface area contributed by atoms with Gasteiger partial charge in [-0.3, -0.25) is 0 Å². The molecule has 4 nitrogen and oxygen atoms in total. The van der Waals surface area contributed by atoms with Crippen molar-refractivity contribution in [3.05, 3.63) is 139 Å². The lowest BCUT2D eigenvalue weighted by Gasteiger charge is -2.09. The summed E-state index contributed by atoms with van der Waals surface area (Å²) >= 11 is 1.80. The first-order chi connectivity index (χ1) is 22.2. The summed E-state index contributed by atoms with van der Waals surface area (Å²) in [6, 6.07) is 46.0. The van der Waals surface area contributed by atoms with Crippen molar-refractivity contribution in [3.63, 3.8) is 0 Å². The molecule has 0 N–H and O–H groups in total. The van der Waals surface area contributed by atoms with Gasteiger partial charge in [0.25, 0.3) is 0 Å². The third-order valence-electron chi connectivity index (χ3n) is 8.47. The zero-order valence-corrected chi connectivity index (χ0v) is 25.2. The molecular weight excluding hydrogens is 571 g/mol. The number of benzene rings is 6. The Morgan fingerprint density at radius 1 is 0.467 bits per heavy atom. The fourth-order valence-electron chi connectivity index (χ4n) is 6.30. The van der Waals surface area contributed by atoms with Crippen LogP contribution in [0.4, 0.5) is 0 Å². The van der Waals surface area contributed by atoms with Crippen LogP contribution in [-0.4, -0.2) is 15.0 Å². The lowest BCUT2D eigenvalue weighted by Crippen LogP contribution is -2.00. The standard InChI is InChI=1S/C40H25N3OS/c1-24-11-8-17-29-30-18-9-19-32(37(30)45-36(24)29)40-42-38(26-14-6-3-7-15-26)41-39(43-40)27-21-22-31-34(23-27)44-33-20-10-16-28(35(31)33)25-12-4-2-5-13-25/h2-23H,1H3. The van der Waals surface area contributed by atoms with Crippen molar-refractivity contribution in [2.75, 3.05) is 0 Å². The van der Waals surface area contributed by atoms with Crippen LogP contribution in [0.1, 0.15) is 5.56 Å². The minimum absolute atomic E-state index is 0.610. The number of furan rings is 1. The van der Waals surface area contributed by atoms with Crippen LogP contribution < -0.4 is 0 Å². The smallest absolute Gasteiger partial charge is 0.165 e. The minimum Gasteiger partial charge on any atom is -0.456 e. The Kier molecular flexibility index (Phi) is 5.86. The molecule has 0 aliphatic rings. The lowest BCUT2D eigenvalue weighted by molar-refractivity contribution is 0.669. The Labute approximate surface area is 263 Å². The second-order valence-corrected chi connectivity index (χ2v) is 12.3. The van der Waals surface area contributed by atoms with Gasteiger partial charge in [0.2, 0.25) is 0 Å².